The topological polar surface area (TPSA) is 84.6 Å². The fourth-order valence-corrected chi connectivity index (χ4v) is 2.48. The average Bonchev–Trinajstić information content (AvgIpc) is 3.11. The molecule has 1 fully saturated rings. The summed E-state index contributed by atoms with van der Waals surface area (Å²) in [7, 11) is 2.11. The SMILES string of the molecule is CN1CCN(Cc2noc(-c3ccco3)n2)C(CN)C1. The maximum Gasteiger partial charge on any atom is 0.293 e. The molecule has 7 nitrogen and oxygen atoms in total. The van der Waals surface area contributed by atoms with E-state index in [2.05, 4.69) is 27.0 Å². The highest BCUT2D eigenvalue weighted by Gasteiger charge is 2.25. The molecule has 0 aliphatic carbocycles. The van der Waals surface area contributed by atoms with E-state index in [1.54, 1.807) is 18.4 Å². The number of nitrogens with two attached hydrogens (primary N) is 1. The molecule has 1 aliphatic heterocycles. The number of nitrogens with zero attached hydrogens (tertiary/aromatic N) is 4. The molecule has 0 aromatic carbocycles. The van der Waals surface area contributed by atoms with Gasteiger partial charge in [-0.15, -0.1) is 0 Å². The van der Waals surface area contributed by atoms with E-state index in [0.29, 0.717) is 36.6 Å². The molecule has 0 amide bonds. The molecule has 108 valence electrons. The predicted octanol–water partition coefficient (Wildman–Crippen LogP) is 0.404. The molecule has 0 bridgehead atoms. The Labute approximate surface area is 117 Å². The Morgan fingerprint density at radius 3 is 3.10 bits per heavy atom. The summed E-state index contributed by atoms with van der Waals surface area (Å²) in [5.74, 6) is 1.68. The second-order valence-electron chi connectivity index (χ2n) is 5.12. The summed E-state index contributed by atoms with van der Waals surface area (Å²) in [5, 5.41) is 4.01. The van der Waals surface area contributed by atoms with Crippen LogP contribution in [0.3, 0.4) is 0 Å². The monoisotopic (exact) mass is 277 g/mol. The van der Waals surface area contributed by atoms with Gasteiger partial charge in [0.2, 0.25) is 0 Å². The van der Waals surface area contributed by atoms with Crippen LogP contribution in [0, 0.1) is 0 Å². The minimum atomic E-state index is 0.333. The number of furan rings is 1. The van der Waals surface area contributed by atoms with E-state index in [9.17, 15) is 0 Å². The van der Waals surface area contributed by atoms with Crippen molar-refractivity contribution in [3.05, 3.63) is 24.2 Å². The van der Waals surface area contributed by atoms with Crippen molar-refractivity contribution in [2.75, 3.05) is 33.2 Å². The summed E-state index contributed by atoms with van der Waals surface area (Å²) < 4.78 is 10.5. The number of hydrogen-bond acceptors (Lipinski definition) is 7. The van der Waals surface area contributed by atoms with Crippen molar-refractivity contribution in [2.24, 2.45) is 5.73 Å². The van der Waals surface area contributed by atoms with E-state index >= 15 is 0 Å². The molecule has 2 aromatic heterocycles. The maximum atomic E-state index is 5.84. The van der Waals surface area contributed by atoms with Crippen molar-refractivity contribution in [3.8, 4) is 11.7 Å². The fourth-order valence-electron chi connectivity index (χ4n) is 2.48. The summed E-state index contributed by atoms with van der Waals surface area (Å²) in [6.07, 6.45) is 1.59. The first-order valence-electron chi connectivity index (χ1n) is 6.75. The Morgan fingerprint density at radius 1 is 1.45 bits per heavy atom. The summed E-state index contributed by atoms with van der Waals surface area (Å²) in [5.41, 5.74) is 5.84. The molecule has 1 unspecified atom stereocenters. The highest BCUT2D eigenvalue weighted by atomic mass is 16.5. The van der Waals surface area contributed by atoms with E-state index in [0.717, 1.165) is 19.6 Å². The van der Waals surface area contributed by atoms with Gasteiger partial charge in [0, 0.05) is 32.2 Å². The van der Waals surface area contributed by atoms with Crippen LogP contribution in [0.4, 0.5) is 0 Å². The molecular weight excluding hydrogens is 258 g/mol. The Morgan fingerprint density at radius 2 is 2.35 bits per heavy atom. The molecule has 0 saturated carbocycles. The lowest BCUT2D eigenvalue weighted by atomic mass is 10.1. The van der Waals surface area contributed by atoms with Gasteiger partial charge in [0.15, 0.2) is 11.6 Å². The molecule has 20 heavy (non-hydrogen) atoms. The molecule has 1 saturated heterocycles. The van der Waals surface area contributed by atoms with Gasteiger partial charge in [-0.1, -0.05) is 5.16 Å². The first kappa shape index (κ1) is 13.3. The molecule has 0 radical (unpaired) electrons. The van der Waals surface area contributed by atoms with Gasteiger partial charge in [-0.25, -0.2) is 0 Å². The zero-order valence-electron chi connectivity index (χ0n) is 11.5. The highest BCUT2D eigenvalue weighted by Crippen LogP contribution is 2.18. The largest absolute Gasteiger partial charge is 0.459 e. The van der Waals surface area contributed by atoms with E-state index in [-0.39, 0.29) is 0 Å². The molecule has 3 heterocycles. The normalized spacial score (nSPS) is 21.4. The molecule has 1 aliphatic rings. The van der Waals surface area contributed by atoms with Crippen LogP contribution in [-0.2, 0) is 6.54 Å². The first-order valence-corrected chi connectivity index (χ1v) is 6.75. The smallest absolute Gasteiger partial charge is 0.293 e. The third kappa shape index (κ3) is 2.74. The van der Waals surface area contributed by atoms with Crippen LogP contribution in [0.25, 0.3) is 11.7 Å². The van der Waals surface area contributed by atoms with E-state index in [4.69, 9.17) is 14.7 Å². The van der Waals surface area contributed by atoms with Crippen molar-refractivity contribution in [1.82, 2.24) is 19.9 Å². The van der Waals surface area contributed by atoms with Crippen molar-refractivity contribution in [3.63, 3.8) is 0 Å². The Hall–Kier alpha value is -1.70. The van der Waals surface area contributed by atoms with Gasteiger partial charge in [0.1, 0.15) is 0 Å². The maximum absolute atomic E-state index is 5.84. The van der Waals surface area contributed by atoms with Crippen molar-refractivity contribution in [1.29, 1.82) is 0 Å². The molecule has 0 spiro atoms. The van der Waals surface area contributed by atoms with Gasteiger partial charge < -0.3 is 19.6 Å². The Bertz CT molecular complexity index is 539. The second-order valence-corrected chi connectivity index (χ2v) is 5.12. The lowest BCUT2D eigenvalue weighted by Gasteiger charge is -2.38. The quantitative estimate of drug-likeness (QED) is 0.866. The lowest BCUT2D eigenvalue weighted by Crippen LogP contribution is -2.54. The zero-order valence-corrected chi connectivity index (χ0v) is 11.5. The standard InChI is InChI=1S/C13H19N5O2/c1-17-4-5-18(10(7-14)8-17)9-12-15-13(20-16-12)11-3-2-6-19-11/h2-3,6,10H,4-5,7-9,14H2,1H3. The molecule has 7 heteroatoms. The van der Waals surface area contributed by atoms with Crippen LogP contribution in [-0.4, -0.2) is 59.2 Å². The van der Waals surface area contributed by atoms with Crippen LogP contribution < -0.4 is 5.73 Å². The molecule has 1 atom stereocenters. The lowest BCUT2D eigenvalue weighted by molar-refractivity contribution is 0.0851. The minimum Gasteiger partial charge on any atom is -0.459 e. The van der Waals surface area contributed by atoms with Gasteiger partial charge in [-0.3, -0.25) is 4.90 Å². The third-order valence-corrected chi connectivity index (χ3v) is 3.62. The predicted molar refractivity (Wildman–Crippen MR) is 72.7 cm³/mol. The van der Waals surface area contributed by atoms with Gasteiger partial charge in [0.05, 0.1) is 12.8 Å². The first-order chi connectivity index (χ1) is 9.76. The van der Waals surface area contributed by atoms with Crippen molar-refractivity contribution < 1.29 is 8.94 Å². The minimum absolute atomic E-state index is 0.333. The average molecular weight is 277 g/mol. The molecule has 2 aromatic rings. The molecule has 3 rings (SSSR count). The third-order valence-electron chi connectivity index (χ3n) is 3.62. The van der Waals surface area contributed by atoms with Crippen LogP contribution in [0.5, 0.6) is 0 Å². The van der Waals surface area contributed by atoms with Crippen molar-refractivity contribution >= 4 is 0 Å². The van der Waals surface area contributed by atoms with Crippen LogP contribution in [0.2, 0.25) is 0 Å². The fraction of sp³-hybridized carbons (Fsp3) is 0.538. The molecule has 2 N–H and O–H groups in total. The van der Waals surface area contributed by atoms with E-state index in [1.807, 2.05) is 0 Å². The number of aromatic nitrogens is 2. The van der Waals surface area contributed by atoms with Crippen LogP contribution in [0.1, 0.15) is 5.82 Å². The van der Waals surface area contributed by atoms with Crippen LogP contribution >= 0.6 is 0 Å². The Kier molecular flexibility index (Phi) is 3.81. The second kappa shape index (κ2) is 5.74. The van der Waals surface area contributed by atoms with Gasteiger partial charge >= 0.3 is 0 Å². The van der Waals surface area contributed by atoms with Crippen LogP contribution in [0.15, 0.2) is 27.3 Å². The Balaban J connectivity index is 1.68. The summed E-state index contributed by atoms with van der Waals surface area (Å²) in [6.45, 7) is 4.24. The zero-order chi connectivity index (χ0) is 13.9. The van der Waals surface area contributed by atoms with Gasteiger partial charge in [-0.2, -0.15) is 4.98 Å². The summed E-state index contributed by atoms with van der Waals surface area (Å²) in [6, 6.07) is 3.93. The summed E-state index contributed by atoms with van der Waals surface area (Å²) in [4.78, 5) is 8.96. The van der Waals surface area contributed by atoms with E-state index < -0.39 is 0 Å². The highest BCUT2D eigenvalue weighted by molar-refractivity contribution is 5.42. The van der Waals surface area contributed by atoms with Crippen molar-refractivity contribution in [2.45, 2.75) is 12.6 Å². The van der Waals surface area contributed by atoms with E-state index in [1.165, 1.54) is 0 Å². The number of rotatable bonds is 4. The number of piperazine rings is 1. The van der Waals surface area contributed by atoms with Gasteiger partial charge in [0.25, 0.3) is 5.89 Å². The van der Waals surface area contributed by atoms with Gasteiger partial charge in [-0.05, 0) is 19.2 Å². The summed E-state index contributed by atoms with van der Waals surface area (Å²) >= 11 is 0. The number of likely N-dealkylation sites (N-methyl/N-ethyl adjacent to an activating group) is 1. The molecular formula is C13H19N5O2. The number of hydrogen-bond donors (Lipinski definition) is 1.